The number of ether oxygens (including phenoxy) is 2. The van der Waals surface area contributed by atoms with Crippen LogP contribution in [0.3, 0.4) is 0 Å². The van der Waals surface area contributed by atoms with Crippen molar-refractivity contribution in [3.05, 3.63) is 57.4 Å². The first-order chi connectivity index (χ1) is 12.9. The van der Waals surface area contributed by atoms with Gasteiger partial charge in [0.15, 0.2) is 16.6 Å². The molecule has 1 heterocycles. The van der Waals surface area contributed by atoms with Crippen molar-refractivity contribution in [2.75, 3.05) is 25.3 Å². The Labute approximate surface area is 165 Å². The van der Waals surface area contributed by atoms with Crippen LogP contribution >= 0.6 is 22.9 Å². The summed E-state index contributed by atoms with van der Waals surface area (Å²) < 4.78 is 10.5. The third kappa shape index (κ3) is 3.99. The van der Waals surface area contributed by atoms with Crippen molar-refractivity contribution in [3.8, 4) is 11.5 Å². The minimum absolute atomic E-state index is 0.175. The molecule has 0 aliphatic heterocycles. The molecule has 0 unspecified atom stereocenters. The average molecular weight is 404 g/mol. The average Bonchev–Trinajstić information content (AvgIpc) is 3.03. The van der Waals surface area contributed by atoms with Gasteiger partial charge in [0.2, 0.25) is 5.78 Å². The fraction of sp³-hybridized carbons (Fsp3) is 0.158. The number of rotatable bonds is 6. The minimum atomic E-state index is -0.230. The highest BCUT2D eigenvalue weighted by atomic mass is 35.5. The van der Waals surface area contributed by atoms with Crippen molar-refractivity contribution in [3.63, 3.8) is 0 Å². The van der Waals surface area contributed by atoms with Gasteiger partial charge in [0, 0.05) is 16.3 Å². The summed E-state index contributed by atoms with van der Waals surface area (Å²) >= 11 is 7.17. The fourth-order valence-electron chi connectivity index (χ4n) is 2.54. The first kappa shape index (κ1) is 19.0. The van der Waals surface area contributed by atoms with E-state index in [9.17, 15) is 4.79 Å². The number of anilines is 3. The molecule has 0 aliphatic carbocycles. The topological polar surface area (TPSA) is 86.5 Å². The number of aromatic nitrogens is 1. The zero-order valence-corrected chi connectivity index (χ0v) is 16.6. The maximum atomic E-state index is 12.9. The summed E-state index contributed by atoms with van der Waals surface area (Å²) in [6.45, 7) is 1.93. The van der Waals surface area contributed by atoms with Crippen LogP contribution in [0.5, 0.6) is 11.5 Å². The Morgan fingerprint density at radius 3 is 2.56 bits per heavy atom. The van der Waals surface area contributed by atoms with E-state index >= 15 is 0 Å². The number of hydrogen-bond donors (Lipinski definition) is 2. The van der Waals surface area contributed by atoms with Crippen LogP contribution in [0.25, 0.3) is 0 Å². The largest absolute Gasteiger partial charge is 0.493 e. The lowest BCUT2D eigenvalue weighted by molar-refractivity contribution is 0.104. The van der Waals surface area contributed by atoms with Crippen LogP contribution in [-0.4, -0.2) is 25.0 Å². The van der Waals surface area contributed by atoms with E-state index < -0.39 is 0 Å². The number of thiazole rings is 1. The smallest absolute Gasteiger partial charge is 0.206 e. The summed E-state index contributed by atoms with van der Waals surface area (Å²) in [7, 11) is 3.06. The van der Waals surface area contributed by atoms with Crippen molar-refractivity contribution < 1.29 is 14.3 Å². The van der Waals surface area contributed by atoms with E-state index in [-0.39, 0.29) is 11.6 Å². The van der Waals surface area contributed by atoms with Crippen molar-refractivity contribution in [2.24, 2.45) is 0 Å². The third-order valence-electron chi connectivity index (χ3n) is 3.94. The molecule has 0 radical (unpaired) electrons. The van der Waals surface area contributed by atoms with Gasteiger partial charge in [-0.05, 0) is 48.9 Å². The summed E-state index contributed by atoms with van der Waals surface area (Å²) in [4.78, 5) is 17.5. The summed E-state index contributed by atoms with van der Waals surface area (Å²) in [5, 5.41) is 4.36. The van der Waals surface area contributed by atoms with Crippen LogP contribution in [-0.2, 0) is 0 Å². The second-order valence-electron chi connectivity index (χ2n) is 5.72. The molecule has 8 heteroatoms. The van der Waals surface area contributed by atoms with Crippen LogP contribution in [0.15, 0.2) is 36.4 Å². The quantitative estimate of drug-likeness (QED) is 0.581. The van der Waals surface area contributed by atoms with Crippen LogP contribution in [0.1, 0.15) is 20.8 Å². The van der Waals surface area contributed by atoms with Crippen LogP contribution in [0, 0.1) is 6.92 Å². The number of hydrogen-bond acceptors (Lipinski definition) is 7. The molecule has 3 rings (SSSR count). The molecule has 3 N–H and O–H groups in total. The van der Waals surface area contributed by atoms with Gasteiger partial charge in [-0.1, -0.05) is 22.9 Å². The zero-order valence-electron chi connectivity index (χ0n) is 15.0. The molecule has 0 saturated heterocycles. The fourth-order valence-corrected chi connectivity index (χ4v) is 3.62. The molecule has 3 aromatic rings. The Morgan fingerprint density at radius 1 is 1.15 bits per heavy atom. The number of nitrogen functional groups attached to an aromatic ring is 1. The van der Waals surface area contributed by atoms with Crippen LogP contribution in [0.2, 0.25) is 5.02 Å². The van der Waals surface area contributed by atoms with Gasteiger partial charge in [0.25, 0.3) is 0 Å². The Hall–Kier alpha value is -2.77. The molecule has 0 atom stereocenters. The van der Waals surface area contributed by atoms with Gasteiger partial charge in [-0.3, -0.25) is 4.79 Å². The normalized spacial score (nSPS) is 10.5. The molecule has 0 bridgehead atoms. The molecule has 0 amide bonds. The number of benzene rings is 2. The van der Waals surface area contributed by atoms with Crippen molar-refractivity contribution >= 4 is 45.4 Å². The van der Waals surface area contributed by atoms with Gasteiger partial charge < -0.3 is 20.5 Å². The summed E-state index contributed by atoms with van der Waals surface area (Å²) in [5.41, 5.74) is 8.23. The number of halogens is 1. The van der Waals surface area contributed by atoms with E-state index in [4.69, 9.17) is 26.8 Å². The van der Waals surface area contributed by atoms with Crippen molar-refractivity contribution in [1.82, 2.24) is 4.98 Å². The van der Waals surface area contributed by atoms with E-state index in [1.165, 1.54) is 25.6 Å². The molecule has 2 aromatic carbocycles. The second-order valence-corrected chi connectivity index (χ2v) is 7.15. The number of carbonyl (C=O) groups excluding carboxylic acids is 1. The maximum Gasteiger partial charge on any atom is 0.206 e. The monoisotopic (exact) mass is 403 g/mol. The molecule has 1 aromatic heterocycles. The Bertz CT molecular complexity index is 1000. The third-order valence-corrected chi connectivity index (χ3v) is 5.16. The number of aryl methyl sites for hydroxylation is 1. The van der Waals surface area contributed by atoms with E-state index in [0.29, 0.717) is 32.1 Å². The summed E-state index contributed by atoms with van der Waals surface area (Å²) in [6.07, 6.45) is 0. The Morgan fingerprint density at radius 2 is 1.89 bits per heavy atom. The lowest BCUT2D eigenvalue weighted by Crippen LogP contribution is -2.03. The van der Waals surface area contributed by atoms with Gasteiger partial charge in [-0.2, -0.15) is 0 Å². The van der Waals surface area contributed by atoms with E-state index in [1.807, 2.05) is 19.1 Å². The number of carbonyl (C=O) groups is 1. The molecule has 27 heavy (non-hydrogen) atoms. The van der Waals surface area contributed by atoms with Gasteiger partial charge in [0.1, 0.15) is 10.7 Å². The molecule has 140 valence electrons. The molecule has 6 nitrogen and oxygen atoms in total. The van der Waals surface area contributed by atoms with Crippen LogP contribution < -0.4 is 20.5 Å². The molecular formula is C19H18ClN3O3S. The highest BCUT2D eigenvalue weighted by molar-refractivity contribution is 7.18. The Balaban J connectivity index is 1.88. The van der Waals surface area contributed by atoms with Gasteiger partial charge in [-0.15, -0.1) is 0 Å². The highest BCUT2D eigenvalue weighted by Gasteiger charge is 2.20. The van der Waals surface area contributed by atoms with Gasteiger partial charge >= 0.3 is 0 Å². The van der Waals surface area contributed by atoms with Crippen molar-refractivity contribution in [1.29, 1.82) is 0 Å². The van der Waals surface area contributed by atoms with Gasteiger partial charge in [0.05, 0.1) is 14.2 Å². The standard InChI is InChI=1S/C19H18ClN3O3S/c1-10-8-12(20)5-6-13(10)22-19-23-18(21)17(27-19)16(24)11-4-7-14(25-2)15(9-11)26-3/h4-9H,21H2,1-3H3,(H,22,23). The lowest BCUT2D eigenvalue weighted by Gasteiger charge is -2.08. The molecule has 0 spiro atoms. The van der Waals surface area contributed by atoms with E-state index in [0.717, 1.165) is 11.3 Å². The summed E-state index contributed by atoms with van der Waals surface area (Å²) in [6, 6.07) is 10.4. The number of nitrogens with one attached hydrogen (secondary N) is 1. The summed E-state index contributed by atoms with van der Waals surface area (Å²) in [5.74, 6) is 0.967. The molecule has 0 aliphatic rings. The predicted octanol–water partition coefficient (Wildman–Crippen LogP) is 4.68. The second kappa shape index (κ2) is 7.85. The number of ketones is 1. The zero-order chi connectivity index (χ0) is 19.6. The van der Waals surface area contributed by atoms with Crippen molar-refractivity contribution in [2.45, 2.75) is 6.92 Å². The number of nitrogens with zero attached hydrogens (tertiary/aromatic N) is 1. The van der Waals surface area contributed by atoms with E-state index in [1.54, 1.807) is 24.3 Å². The van der Waals surface area contributed by atoms with E-state index in [2.05, 4.69) is 10.3 Å². The molecular weight excluding hydrogens is 386 g/mol. The number of nitrogens with two attached hydrogens (primary N) is 1. The number of methoxy groups -OCH3 is 2. The van der Waals surface area contributed by atoms with Gasteiger partial charge in [-0.25, -0.2) is 4.98 Å². The van der Waals surface area contributed by atoms with Crippen LogP contribution in [0.4, 0.5) is 16.6 Å². The minimum Gasteiger partial charge on any atom is -0.493 e. The first-order valence-corrected chi connectivity index (χ1v) is 9.18. The predicted molar refractivity (Wildman–Crippen MR) is 109 cm³/mol. The molecule has 0 fully saturated rings. The molecule has 0 saturated carbocycles. The lowest BCUT2D eigenvalue weighted by atomic mass is 10.1. The SMILES string of the molecule is COc1ccc(C(=O)c2sc(Nc3ccc(Cl)cc3C)nc2N)cc1OC. The highest BCUT2D eigenvalue weighted by Crippen LogP contribution is 2.33. The maximum absolute atomic E-state index is 12.9. The Kier molecular flexibility index (Phi) is 5.53. The first-order valence-electron chi connectivity index (χ1n) is 7.99.